The van der Waals surface area contributed by atoms with Crippen molar-refractivity contribution in [1.29, 1.82) is 0 Å². The van der Waals surface area contributed by atoms with E-state index in [1.54, 1.807) is 11.3 Å². The second-order valence-corrected chi connectivity index (χ2v) is 6.86. The van der Waals surface area contributed by atoms with Gasteiger partial charge < -0.3 is 5.32 Å². The summed E-state index contributed by atoms with van der Waals surface area (Å²) in [7, 11) is 2.06. The summed E-state index contributed by atoms with van der Waals surface area (Å²) in [5.41, 5.74) is 1.22. The van der Waals surface area contributed by atoms with Crippen LogP contribution in [0.5, 0.6) is 0 Å². The van der Waals surface area contributed by atoms with Crippen molar-refractivity contribution in [2.45, 2.75) is 51.5 Å². The molecule has 1 aromatic rings. The van der Waals surface area contributed by atoms with E-state index >= 15 is 0 Å². The Labute approximate surface area is 114 Å². The molecular weight excluding hydrogens is 250 g/mol. The van der Waals surface area contributed by atoms with Gasteiger partial charge in [-0.05, 0) is 44.4 Å². The molecule has 2 rings (SSSR count). The summed E-state index contributed by atoms with van der Waals surface area (Å²) in [5, 5.41) is 3.43. The van der Waals surface area contributed by atoms with Gasteiger partial charge in [-0.3, -0.25) is 0 Å². The molecule has 96 valence electrons. The maximum atomic E-state index is 6.15. The van der Waals surface area contributed by atoms with Crippen LogP contribution in [0.25, 0.3) is 0 Å². The quantitative estimate of drug-likeness (QED) is 0.800. The van der Waals surface area contributed by atoms with E-state index in [0.717, 1.165) is 10.3 Å². The van der Waals surface area contributed by atoms with Crippen LogP contribution in [-0.4, -0.2) is 7.05 Å². The third-order valence-corrected chi connectivity index (χ3v) is 5.58. The monoisotopic (exact) mass is 271 g/mol. The fraction of sp³-hybridized carbons (Fsp3) is 0.714. The van der Waals surface area contributed by atoms with E-state index < -0.39 is 0 Å². The third-order valence-electron chi connectivity index (χ3n) is 3.91. The van der Waals surface area contributed by atoms with Crippen LogP contribution in [0.4, 0.5) is 0 Å². The Morgan fingerprint density at radius 2 is 2.18 bits per heavy atom. The molecule has 1 unspecified atom stereocenters. The first-order valence-corrected chi connectivity index (χ1v) is 7.83. The molecule has 1 atom stereocenters. The molecule has 0 amide bonds. The first-order chi connectivity index (χ1) is 8.20. The van der Waals surface area contributed by atoms with Gasteiger partial charge in [0.2, 0.25) is 0 Å². The molecule has 0 aliphatic heterocycles. The van der Waals surface area contributed by atoms with Crippen molar-refractivity contribution in [1.82, 2.24) is 5.32 Å². The summed E-state index contributed by atoms with van der Waals surface area (Å²) in [4.78, 5) is 1.40. The van der Waals surface area contributed by atoms with Crippen LogP contribution in [-0.2, 0) is 0 Å². The lowest BCUT2D eigenvalue weighted by Gasteiger charge is -2.17. The molecule has 0 saturated heterocycles. The van der Waals surface area contributed by atoms with Crippen LogP contribution in [0.2, 0.25) is 4.34 Å². The number of hydrogen-bond donors (Lipinski definition) is 1. The Bertz CT molecular complexity index is 336. The van der Waals surface area contributed by atoms with Crippen molar-refractivity contribution in [3.8, 4) is 0 Å². The lowest BCUT2D eigenvalue weighted by molar-refractivity contribution is 0.430. The molecule has 1 aliphatic rings. The maximum absolute atomic E-state index is 6.15. The Hall–Kier alpha value is -0.0500. The molecule has 1 nitrogen and oxygen atoms in total. The zero-order chi connectivity index (χ0) is 12.3. The van der Waals surface area contributed by atoms with Gasteiger partial charge in [0.25, 0.3) is 0 Å². The number of rotatable bonds is 5. The largest absolute Gasteiger partial charge is 0.312 e. The number of nitrogens with one attached hydrogen (secondary N) is 1. The Kier molecular flexibility index (Phi) is 4.89. The van der Waals surface area contributed by atoms with Crippen molar-refractivity contribution in [3.05, 3.63) is 20.8 Å². The van der Waals surface area contributed by atoms with Crippen molar-refractivity contribution < 1.29 is 0 Å². The highest BCUT2D eigenvalue weighted by Crippen LogP contribution is 2.35. The normalized spacial score (nSPS) is 18.8. The van der Waals surface area contributed by atoms with Crippen molar-refractivity contribution >= 4 is 22.9 Å². The summed E-state index contributed by atoms with van der Waals surface area (Å²) < 4.78 is 0.945. The van der Waals surface area contributed by atoms with Crippen molar-refractivity contribution in [2.75, 3.05) is 7.05 Å². The molecular formula is C14H22ClNS. The van der Waals surface area contributed by atoms with E-state index in [4.69, 9.17) is 11.6 Å². The van der Waals surface area contributed by atoms with E-state index in [-0.39, 0.29) is 0 Å². The number of thiophene rings is 1. The minimum atomic E-state index is 0.492. The second-order valence-electron chi connectivity index (χ2n) is 5.17. The summed E-state index contributed by atoms with van der Waals surface area (Å²) in [6.07, 6.45) is 8.39. The molecule has 0 bridgehead atoms. The highest BCUT2D eigenvalue weighted by molar-refractivity contribution is 7.16. The van der Waals surface area contributed by atoms with E-state index in [1.807, 2.05) is 0 Å². The van der Waals surface area contributed by atoms with E-state index in [1.165, 1.54) is 49.0 Å². The van der Waals surface area contributed by atoms with E-state index in [2.05, 4.69) is 25.4 Å². The highest BCUT2D eigenvalue weighted by atomic mass is 35.5. The molecule has 0 aromatic carbocycles. The molecule has 1 fully saturated rings. The minimum Gasteiger partial charge on any atom is -0.312 e. The van der Waals surface area contributed by atoms with Crippen LogP contribution in [0.3, 0.4) is 0 Å². The fourth-order valence-corrected chi connectivity index (χ4v) is 4.15. The lowest BCUT2D eigenvalue weighted by atomic mass is 9.98. The molecule has 1 aliphatic carbocycles. The zero-order valence-electron chi connectivity index (χ0n) is 10.8. The molecule has 0 radical (unpaired) electrons. The average molecular weight is 272 g/mol. The van der Waals surface area contributed by atoms with Crippen LogP contribution >= 0.6 is 22.9 Å². The molecule has 0 spiro atoms. The Morgan fingerprint density at radius 3 is 2.71 bits per heavy atom. The molecule has 17 heavy (non-hydrogen) atoms. The number of hydrogen-bond acceptors (Lipinski definition) is 2. The number of aryl methyl sites for hydroxylation is 1. The first kappa shape index (κ1) is 13.4. The van der Waals surface area contributed by atoms with Crippen LogP contribution in [0.1, 0.15) is 55.0 Å². The highest BCUT2D eigenvalue weighted by Gasteiger charge is 2.19. The predicted molar refractivity (Wildman–Crippen MR) is 77.1 cm³/mol. The molecule has 1 heterocycles. The van der Waals surface area contributed by atoms with Crippen LogP contribution in [0, 0.1) is 12.8 Å². The van der Waals surface area contributed by atoms with Gasteiger partial charge in [0.05, 0.1) is 4.34 Å². The molecule has 1 N–H and O–H groups in total. The van der Waals surface area contributed by atoms with Gasteiger partial charge in [-0.1, -0.05) is 37.3 Å². The van der Waals surface area contributed by atoms with Crippen molar-refractivity contribution in [3.63, 3.8) is 0 Å². The summed E-state index contributed by atoms with van der Waals surface area (Å²) in [6, 6.07) is 2.73. The van der Waals surface area contributed by atoms with Gasteiger partial charge in [0, 0.05) is 10.9 Å². The second kappa shape index (κ2) is 6.21. The van der Waals surface area contributed by atoms with Crippen LogP contribution < -0.4 is 5.32 Å². The maximum Gasteiger partial charge on any atom is 0.0960 e. The Balaban J connectivity index is 1.91. The van der Waals surface area contributed by atoms with Gasteiger partial charge in [-0.25, -0.2) is 0 Å². The van der Waals surface area contributed by atoms with Gasteiger partial charge in [0.1, 0.15) is 0 Å². The first-order valence-electron chi connectivity index (χ1n) is 6.63. The topological polar surface area (TPSA) is 12.0 Å². The smallest absolute Gasteiger partial charge is 0.0960 e. The summed E-state index contributed by atoms with van der Waals surface area (Å²) in [6.45, 7) is 2.09. The van der Waals surface area contributed by atoms with E-state index in [9.17, 15) is 0 Å². The molecule has 3 heteroatoms. The minimum absolute atomic E-state index is 0.492. The van der Waals surface area contributed by atoms with Gasteiger partial charge in [0.15, 0.2) is 0 Å². The summed E-state index contributed by atoms with van der Waals surface area (Å²) in [5.74, 6) is 0.974. The fourth-order valence-electron chi connectivity index (χ4n) is 2.79. The summed E-state index contributed by atoms with van der Waals surface area (Å²) >= 11 is 7.88. The molecule has 1 saturated carbocycles. The predicted octanol–water partition coefficient (Wildman–Crippen LogP) is 4.94. The van der Waals surface area contributed by atoms with E-state index in [0.29, 0.717) is 6.04 Å². The van der Waals surface area contributed by atoms with Gasteiger partial charge in [-0.2, -0.15) is 0 Å². The third kappa shape index (κ3) is 3.46. The van der Waals surface area contributed by atoms with Crippen molar-refractivity contribution in [2.24, 2.45) is 5.92 Å². The Morgan fingerprint density at radius 1 is 1.47 bits per heavy atom. The average Bonchev–Trinajstić information content (AvgIpc) is 2.91. The standard InChI is InChI=1S/C14H22ClNS/c1-10-9-13(17-14(10)15)12(16-2)8-7-11-5-3-4-6-11/h9,11-12,16H,3-8H2,1-2H3. The SMILES string of the molecule is CNC(CCC1CCCC1)c1cc(C)c(Cl)s1. The molecule has 1 aromatic heterocycles. The lowest BCUT2D eigenvalue weighted by Crippen LogP contribution is -2.16. The van der Waals surface area contributed by atoms with Crippen LogP contribution in [0.15, 0.2) is 6.07 Å². The number of halogens is 1. The van der Waals surface area contributed by atoms with Gasteiger partial charge in [-0.15, -0.1) is 11.3 Å². The van der Waals surface area contributed by atoms with Gasteiger partial charge >= 0.3 is 0 Å². The zero-order valence-corrected chi connectivity index (χ0v) is 12.3.